The van der Waals surface area contributed by atoms with Gasteiger partial charge in [0, 0.05) is 11.6 Å². The standard InChI is InChI=1S/C20H31N4O3/c1-19(2)11-16(20(3,4)24(19)26)18(25)22-17-9-8-15(12-21-17)27-13-14-7-6-10-23(14)5/h8-9,12,14,16H,6-7,10-11,13H2,1-5H3,(H,21,22,25)/t14-,16?/m0/s1. The molecule has 0 aliphatic carbocycles. The molecule has 3 heterocycles. The second kappa shape index (κ2) is 7.37. The molecule has 0 saturated carbocycles. The fourth-order valence-electron chi connectivity index (χ4n) is 4.30. The maximum Gasteiger partial charge on any atom is 0.230 e. The number of likely N-dealkylation sites (tertiary alicyclic amines) is 1. The Morgan fingerprint density at radius 1 is 1.33 bits per heavy atom. The van der Waals surface area contributed by atoms with E-state index < -0.39 is 11.1 Å². The summed E-state index contributed by atoms with van der Waals surface area (Å²) in [6.07, 6.45) is 4.52. The quantitative estimate of drug-likeness (QED) is 0.856. The number of carbonyl (C=O) groups excluding carboxylic acids is 1. The molecule has 1 unspecified atom stereocenters. The second-order valence-corrected chi connectivity index (χ2v) is 8.97. The number of carbonyl (C=O) groups is 1. The van der Waals surface area contributed by atoms with E-state index in [1.54, 1.807) is 12.3 Å². The van der Waals surface area contributed by atoms with Crippen molar-refractivity contribution in [2.75, 3.05) is 25.5 Å². The number of anilines is 1. The van der Waals surface area contributed by atoms with Crippen molar-refractivity contribution in [3.8, 4) is 5.75 Å². The first-order chi connectivity index (χ1) is 12.6. The number of nitrogens with zero attached hydrogens (tertiary/aromatic N) is 3. The maximum absolute atomic E-state index is 12.7. The molecule has 7 heteroatoms. The van der Waals surface area contributed by atoms with Crippen LogP contribution in [0.25, 0.3) is 0 Å². The molecule has 149 valence electrons. The number of pyridine rings is 1. The summed E-state index contributed by atoms with van der Waals surface area (Å²) < 4.78 is 5.83. The fraction of sp³-hybridized carbons (Fsp3) is 0.700. The van der Waals surface area contributed by atoms with Gasteiger partial charge in [0.2, 0.25) is 5.91 Å². The number of likely N-dealkylation sites (N-methyl/N-ethyl adjacent to an activating group) is 1. The third-order valence-electron chi connectivity index (χ3n) is 6.05. The molecule has 3 rings (SSSR count). The van der Waals surface area contributed by atoms with E-state index in [-0.39, 0.29) is 11.8 Å². The molecular formula is C20H31N4O3. The van der Waals surface area contributed by atoms with E-state index in [4.69, 9.17) is 4.74 Å². The maximum atomic E-state index is 12.7. The summed E-state index contributed by atoms with van der Waals surface area (Å²) in [5.74, 6) is 0.616. The lowest BCUT2D eigenvalue weighted by atomic mass is 9.86. The summed E-state index contributed by atoms with van der Waals surface area (Å²) in [6.45, 7) is 9.16. The highest BCUT2D eigenvalue weighted by Crippen LogP contribution is 2.44. The molecule has 2 aliphatic rings. The molecule has 0 aromatic carbocycles. The average molecular weight is 375 g/mol. The van der Waals surface area contributed by atoms with E-state index in [2.05, 4.69) is 22.2 Å². The van der Waals surface area contributed by atoms with E-state index in [1.807, 2.05) is 33.8 Å². The van der Waals surface area contributed by atoms with Crippen LogP contribution in [-0.4, -0.2) is 58.2 Å². The molecule has 1 radical (unpaired) electrons. The largest absolute Gasteiger partial charge is 0.490 e. The van der Waals surface area contributed by atoms with Gasteiger partial charge in [0.05, 0.1) is 17.7 Å². The lowest BCUT2D eigenvalue weighted by molar-refractivity contribution is -0.247. The number of ether oxygens (including phenoxy) is 1. The summed E-state index contributed by atoms with van der Waals surface area (Å²) in [5.41, 5.74) is -1.30. The van der Waals surface area contributed by atoms with Gasteiger partial charge in [-0.3, -0.25) is 4.79 Å². The van der Waals surface area contributed by atoms with Crippen molar-refractivity contribution in [3.05, 3.63) is 18.3 Å². The smallest absolute Gasteiger partial charge is 0.230 e. The van der Waals surface area contributed by atoms with E-state index in [0.717, 1.165) is 18.0 Å². The SMILES string of the molecule is CN1CCC[C@H]1COc1ccc(NC(=O)C2CC(C)(C)N([O])C2(C)C)nc1. The predicted molar refractivity (Wildman–Crippen MR) is 103 cm³/mol. The molecule has 1 aromatic rings. The molecule has 0 bridgehead atoms. The minimum Gasteiger partial charge on any atom is -0.490 e. The molecule has 27 heavy (non-hydrogen) atoms. The summed E-state index contributed by atoms with van der Waals surface area (Å²) >= 11 is 0. The molecule has 2 aliphatic heterocycles. The highest BCUT2D eigenvalue weighted by molar-refractivity contribution is 5.93. The highest BCUT2D eigenvalue weighted by atomic mass is 16.5. The zero-order valence-corrected chi connectivity index (χ0v) is 17.0. The van der Waals surface area contributed by atoms with Gasteiger partial charge in [-0.15, -0.1) is 10.3 Å². The molecular weight excluding hydrogens is 344 g/mol. The Morgan fingerprint density at radius 3 is 2.59 bits per heavy atom. The van der Waals surface area contributed by atoms with Gasteiger partial charge in [0.25, 0.3) is 0 Å². The number of rotatable bonds is 5. The molecule has 2 saturated heterocycles. The van der Waals surface area contributed by atoms with Crippen LogP contribution < -0.4 is 10.1 Å². The van der Waals surface area contributed by atoms with Gasteiger partial charge in [-0.25, -0.2) is 4.98 Å². The Balaban J connectivity index is 1.57. The zero-order chi connectivity index (χ0) is 19.8. The molecule has 1 N–H and O–H groups in total. The van der Waals surface area contributed by atoms with Crippen molar-refractivity contribution in [1.29, 1.82) is 0 Å². The van der Waals surface area contributed by atoms with Gasteiger partial charge in [-0.1, -0.05) is 0 Å². The molecule has 2 fully saturated rings. The number of hydrogen-bond donors (Lipinski definition) is 1. The lowest BCUT2D eigenvalue weighted by Crippen LogP contribution is -2.48. The first kappa shape index (κ1) is 20.0. The number of aromatic nitrogens is 1. The zero-order valence-electron chi connectivity index (χ0n) is 17.0. The van der Waals surface area contributed by atoms with Crippen LogP contribution in [0.15, 0.2) is 18.3 Å². The normalized spacial score (nSPS) is 27.6. The monoisotopic (exact) mass is 375 g/mol. The summed E-state index contributed by atoms with van der Waals surface area (Å²) in [5, 5.41) is 16.4. The van der Waals surface area contributed by atoms with Crippen molar-refractivity contribution in [2.45, 2.75) is 64.1 Å². The molecule has 1 aromatic heterocycles. The van der Waals surface area contributed by atoms with Crippen LogP contribution in [0.4, 0.5) is 5.82 Å². The minimum absolute atomic E-state index is 0.167. The first-order valence-electron chi connectivity index (χ1n) is 9.69. The first-order valence-corrected chi connectivity index (χ1v) is 9.69. The van der Waals surface area contributed by atoms with Gasteiger partial charge < -0.3 is 15.0 Å². The summed E-state index contributed by atoms with van der Waals surface area (Å²) in [7, 11) is 2.12. The van der Waals surface area contributed by atoms with E-state index >= 15 is 0 Å². The van der Waals surface area contributed by atoms with Gasteiger partial charge in [-0.05, 0) is 72.7 Å². The third-order valence-corrected chi connectivity index (χ3v) is 6.05. The molecule has 2 atom stereocenters. The van der Waals surface area contributed by atoms with Crippen molar-refractivity contribution in [2.24, 2.45) is 5.92 Å². The van der Waals surface area contributed by atoms with Crippen LogP contribution in [-0.2, 0) is 10.0 Å². The number of nitrogens with one attached hydrogen (secondary N) is 1. The average Bonchev–Trinajstić information content (AvgIpc) is 3.09. The van der Waals surface area contributed by atoms with Gasteiger partial charge in [0.15, 0.2) is 0 Å². The van der Waals surface area contributed by atoms with Crippen LogP contribution in [0.2, 0.25) is 0 Å². The Hall–Kier alpha value is -1.70. The van der Waals surface area contributed by atoms with Crippen molar-refractivity contribution < 1.29 is 14.7 Å². The minimum atomic E-state index is -0.746. The number of hydroxylamine groups is 2. The van der Waals surface area contributed by atoms with Gasteiger partial charge in [0.1, 0.15) is 18.2 Å². The third kappa shape index (κ3) is 4.10. The fourth-order valence-corrected chi connectivity index (χ4v) is 4.30. The van der Waals surface area contributed by atoms with E-state index in [0.29, 0.717) is 30.6 Å². The Bertz CT molecular complexity index is 674. The van der Waals surface area contributed by atoms with E-state index in [9.17, 15) is 10.0 Å². The van der Waals surface area contributed by atoms with Crippen LogP contribution in [0.3, 0.4) is 0 Å². The van der Waals surface area contributed by atoms with Gasteiger partial charge in [-0.2, -0.15) is 0 Å². The Kier molecular flexibility index (Phi) is 5.47. The highest BCUT2D eigenvalue weighted by Gasteiger charge is 2.55. The summed E-state index contributed by atoms with van der Waals surface area (Å²) in [4.78, 5) is 19.3. The Labute approximate surface area is 161 Å². The summed E-state index contributed by atoms with van der Waals surface area (Å²) in [6, 6.07) is 4.02. The van der Waals surface area contributed by atoms with Gasteiger partial charge >= 0.3 is 0 Å². The predicted octanol–water partition coefficient (Wildman–Crippen LogP) is 2.72. The topological polar surface area (TPSA) is 77.6 Å². The number of amides is 1. The van der Waals surface area contributed by atoms with Crippen molar-refractivity contribution >= 4 is 11.7 Å². The lowest BCUT2D eigenvalue weighted by Gasteiger charge is -2.33. The molecule has 0 spiro atoms. The van der Waals surface area contributed by atoms with E-state index in [1.165, 1.54) is 6.42 Å². The Morgan fingerprint density at radius 2 is 2.07 bits per heavy atom. The molecule has 7 nitrogen and oxygen atoms in total. The van der Waals surface area contributed by atoms with Crippen molar-refractivity contribution in [1.82, 2.24) is 14.9 Å². The van der Waals surface area contributed by atoms with Crippen LogP contribution in [0.1, 0.15) is 47.0 Å². The number of hydrogen-bond acceptors (Lipinski definition) is 5. The van der Waals surface area contributed by atoms with Crippen LogP contribution >= 0.6 is 0 Å². The molecule has 1 amide bonds. The van der Waals surface area contributed by atoms with Crippen molar-refractivity contribution in [3.63, 3.8) is 0 Å². The van der Waals surface area contributed by atoms with Crippen LogP contribution in [0, 0.1) is 5.92 Å². The van der Waals surface area contributed by atoms with Crippen LogP contribution in [0.5, 0.6) is 5.75 Å². The second-order valence-electron chi connectivity index (χ2n) is 8.97.